The van der Waals surface area contributed by atoms with Gasteiger partial charge in [0.2, 0.25) is 5.95 Å². The van der Waals surface area contributed by atoms with E-state index in [4.69, 9.17) is 11.5 Å². The summed E-state index contributed by atoms with van der Waals surface area (Å²) in [5.74, 6) is 1.69. The third-order valence-corrected chi connectivity index (χ3v) is 4.12. The Labute approximate surface area is 119 Å². The summed E-state index contributed by atoms with van der Waals surface area (Å²) in [6.45, 7) is 0. The zero-order chi connectivity index (χ0) is 14.3. The summed E-state index contributed by atoms with van der Waals surface area (Å²) in [4.78, 5) is 10.8. The molecule has 0 atom stereocenters. The normalized spacial score (nSPS) is 15.9. The maximum Gasteiger partial charge on any atom is 0.222 e. The van der Waals surface area contributed by atoms with E-state index in [2.05, 4.69) is 9.97 Å². The summed E-state index contributed by atoms with van der Waals surface area (Å²) >= 11 is 0. The molecule has 4 N–H and O–H groups in total. The standard InChI is InChI=1S/C15H21N5/c1-20(2)14-13-11(18-15(17)19-14)8-7-10(16)12(13)9-5-3-4-6-9/h7-9H,3-6,16H2,1-2H3,(H2,17,18,19). The number of fused-ring (bicyclic) bond motifs is 1. The molecule has 0 saturated heterocycles. The number of benzene rings is 1. The van der Waals surface area contributed by atoms with E-state index >= 15 is 0 Å². The minimum Gasteiger partial charge on any atom is -0.398 e. The molecule has 1 aliphatic carbocycles. The summed E-state index contributed by atoms with van der Waals surface area (Å²) in [6, 6.07) is 3.88. The van der Waals surface area contributed by atoms with E-state index in [-0.39, 0.29) is 0 Å². The van der Waals surface area contributed by atoms with Crippen LogP contribution in [0, 0.1) is 0 Å². The van der Waals surface area contributed by atoms with Gasteiger partial charge in [-0.1, -0.05) is 12.8 Å². The van der Waals surface area contributed by atoms with Crippen molar-refractivity contribution in [3.63, 3.8) is 0 Å². The lowest BCUT2D eigenvalue weighted by molar-refractivity contribution is 0.731. The molecule has 2 aromatic rings. The Balaban J connectivity index is 2.33. The highest BCUT2D eigenvalue weighted by Crippen LogP contribution is 2.42. The highest BCUT2D eigenvalue weighted by atomic mass is 15.2. The van der Waals surface area contributed by atoms with Crippen molar-refractivity contribution in [2.45, 2.75) is 31.6 Å². The minimum atomic E-state index is 0.309. The van der Waals surface area contributed by atoms with Gasteiger partial charge in [0.05, 0.1) is 5.52 Å². The fraction of sp³-hybridized carbons (Fsp3) is 0.467. The first-order valence-corrected chi connectivity index (χ1v) is 7.11. The lowest BCUT2D eigenvalue weighted by Gasteiger charge is -2.21. The fourth-order valence-electron chi connectivity index (χ4n) is 3.24. The van der Waals surface area contributed by atoms with Crippen LogP contribution in [0.2, 0.25) is 0 Å². The van der Waals surface area contributed by atoms with Gasteiger partial charge in [-0.05, 0) is 36.5 Å². The number of aromatic nitrogens is 2. The van der Waals surface area contributed by atoms with E-state index < -0.39 is 0 Å². The van der Waals surface area contributed by atoms with E-state index in [1.54, 1.807) is 0 Å². The van der Waals surface area contributed by atoms with Crippen molar-refractivity contribution >= 4 is 28.4 Å². The number of nitrogen functional groups attached to an aromatic ring is 2. The zero-order valence-electron chi connectivity index (χ0n) is 12.1. The highest BCUT2D eigenvalue weighted by molar-refractivity contribution is 5.96. The van der Waals surface area contributed by atoms with Crippen LogP contribution in [0.1, 0.15) is 37.2 Å². The second kappa shape index (κ2) is 4.81. The minimum absolute atomic E-state index is 0.309. The Morgan fingerprint density at radius 1 is 1.10 bits per heavy atom. The Bertz CT molecular complexity index is 644. The van der Waals surface area contributed by atoms with Crippen LogP contribution < -0.4 is 16.4 Å². The van der Waals surface area contributed by atoms with Crippen molar-refractivity contribution < 1.29 is 0 Å². The molecule has 1 aromatic carbocycles. The first-order chi connectivity index (χ1) is 9.58. The summed E-state index contributed by atoms with van der Waals surface area (Å²) in [5.41, 5.74) is 15.0. The lowest BCUT2D eigenvalue weighted by Crippen LogP contribution is -2.15. The average Bonchev–Trinajstić information content (AvgIpc) is 2.91. The summed E-state index contributed by atoms with van der Waals surface area (Å²) in [5, 5.41) is 1.07. The number of anilines is 3. The van der Waals surface area contributed by atoms with E-state index in [0.29, 0.717) is 11.9 Å². The molecule has 3 rings (SSSR count). The SMILES string of the molecule is CN(C)c1nc(N)nc2ccc(N)c(C3CCCC3)c12. The molecular formula is C15H21N5. The summed E-state index contributed by atoms with van der Waals surface area (Å²) < 4.78 is 0. The van der Waals surface area contributed by atoms with Gasteiger partial charge in [0.1, 0.15) is 5.82 Å². The van der Waals surface area contributed by atoms with E-state index in [9.17, 15) is 0 Å². The molecule has 5 heteroatoms. The average molecular weight is 271 g/mol. The Kier molecular flexibility index (Phi) is 3.12. The molecule has 5 nitrogen and oxygen atoms in total. The molecule has 0 spiro atoms. The van der Waals surface area contributed by atoms with E-state index in [1.807, 2.05) is 31.1 Å². The Hall–Kier alpha value is -2.04. The predicted octanol–water partition coefficient (Wildman–Crippen LogP) is 2.52. The second-order valence-corrected chi connectivity index (χ2v) is 5.74. The zero-order valence-corrected chi connectivity index (χ0v) is 12.1. The van der Waals surface area contributed by atoms with Crippen LogP contribution >= 0.6 is 0 Å². The number of nitrogens with zero attached hydrogens (tertiary/aromatic N) is 3. The molecule has 0 aliphatic heterocycles. The maximum absolute atomic E-state index is 6.27. The molecule has 20 heavy (non-hydrogen) atoms. The summed E-state index contributed by atoms with van der Waals surface area (Å²) in [6.07, 6.45) is 4.93. The number of rotatable bonds is 2. The van der Waals surface area contributed by atoms with Crippen LogP contribution in [-0.2, 0) is 0 Å². The van der Waals surface area contributed by atoms with Gasteiger partial charge in [0, 0.05) is 25.2 Å². The molecule has 0 bridgehead atoms. The smallest absolute Gasteiger partial charge is 0.222 e. The Morgan fingerprint density at radius 2 is 1.80 bits per heavy atom. The molecular weight excluding hydrogens is 250 g/mol. The van der Waals surface area contributed by atoms with Crippen molar-refractivity contribution in [1.29, 1.82) is 0 Å². The second-order valence-electron chi connectivity index (χ2n) is 5.74. The highest BCUT2D eigenvalue weighted by Gasteiger charge is 2.24. The van der Waals surface area contributed by atoms with E-state index in [1.165, 1.54) is 31.2 Å². The fourth-order valence-corrected chi connectivity index (χ4v) is 3.24. The lowest BCUT2D eigenvalue weighted by atomic mass is 9.92. The molecule has 1 fully saturated rings. The van der Waals surface area contributed by atoms with Gasteiger partial charge < -0.3 is 16.4 Å². The van der Waals surface area contributed by atoms with Crippen molar-refractivity contribution in [3.05, 3.63) is 17.7 Å². The van der Waals surface area contributed by atoms with Crippen molar-refractivity contribution in [2.75, 3.05) is 30.5 Å². The number of hydrogen-bond donors (Lipinski definition) is 2. The van der Waals surface area contributed by atoms with Crippen LogP contribution in [0.3, 0.4) is 0 Å². The first-order valence-electron chi connectivity index (χ1n) is 7.11. The quantitative estimate of drug-likeness (QED) is 0.820. The third-order valence-electron chi connectivity index (χ3n) is 4.12. The van der Waals surface area contributed by atoms with Gasteiger partial charge in [-0.25, -0.2) is 4.98 Å². The maximum atomic E-state index is 6.27. The molecule has 1 aliphatic rings. The van der Waals surface area contributed by atoms with Crippen LogP contribution in [0.4, 0.5) is 17.5 Å². The van der Waals surface area contributed by atoms with Crippen molar-refractivity contribution in [2.24, 2.45) is 0 Å². The predicted molar refractivity (Wildman–Crippen MR) is 83.9 cm³/mol. The molecule has 1 aromatic heterocycles. The van der Waals surface area contributed by atoms with Crippen LogP contribution in [-0.4, -0.2) is 24.1 Å². The molecule has 0 radical (unpaired) electrons. The van der Waals surface area contributed by atoms with Gasteiger partial charge in [0.15, 0.2) is 0 Å². The van der Waals surface area contributed by atoms with Gasteiger partial charge in [-0.15, -0.1) is 0 Å². The third kappa shape index (κ3) is 2.03. The van der Waals surface area contributed by atoms with Gasteiger partial charge in [-0.2, -0.15) is 4.98 Å². The van der Waals surface area contributed by atoms with Gasteiger partial charge in [0.25, 0.3) is 0 Å². The van der Waals surface area contributed by atoms with Crippen LogP contribution in [0.25, 0.3) is 10.9 Å². The molecule has 1 saturated carbocycles. The topological polar surface area (TPSA) is 81.1 Å². The summed E-state index contributed by atoms with van der Waals surface area (Å²) in [7, 11) is 3.95. The molecule has 1 heterocycles. The molecule has 0 amide bonds. The Morgan fingerprint density at radius 3 is 2.45 bits per heavy atom. The van der Waals surface area contributed by atoms with Gasteiger partial charge in [-0.3, -0.25) is 0 Å². The molecule has 106 valence electrons. The largest absolute Gasteiger partial charge is 0.398 e. The van der Waals surface area contributed by atoms with Crippen LogP contribution in [0.5, 0.6) is 0 Å². The first kappa shape index (κ1) is 13.0. The number of nitrogens with two attached hydrogens (primary N) is 2. The molecule has 0 unspecified atom stereocenters. The van der Waals surface area contributed by atoms with Crippen molar-refractivity contribution in [3.8, 4) is 0 Å². The van der Waals surface area contributed by atoms with Gasteiger partial charge >= 0.3 is 0 Å². The monoisotopic (exact) mass is 271 g/mol. The van der Waals surface area contributed by atoms with E-state index in [0.717, 1.165) is 22.4 Å². The van der Waals surface area contributed by atoms with Crippen LogP contribution in [0.15, 0.2) is 12.1 Å². The number of hydrogen-bond acceptors (Lipinski definition) is 5. The van der Waals surface area contributed by atoms with Crippen molar-refractivity contribution in [1.82, 2.24) is 9.97 Å².